The van der Waals surface area contributed by atoms with E-state index >= 15 is 0 Å². The predicted octanol–water partition coefficient (Wildman–Crippen LogP) is 1.99. The Bertz CT molecular complexity index is 583. The molecular formula is C13H17N3OS. The van der Waals surface area contributed by atoms with Gasteiger partial charge in [-0.1, -0.05) is 12.8 Å². The molecule has 5 heteroatoms. The van der Waals surface area contributed by atoms with Crippen LogP contribution >= 0.6 is 11.3 Å². The van der Waals surface area contributed by atoms with Crippen molar-refractivity contribution in [2.24, 2.45) is 0 Å². The van der Waals surface area contributed by atoms with Crippen LogP contribution in [0.2, 0.25) is 0 Å². The van der Waals surface area contributed by atoms with Gasteiger partial charge in [-0.05, 0) is 24.3 Å². The van der Waals surface area contributed by atoms with E-state index in [1.54, 1.807) is 10.9 Å². The highest BCUT2D eigenvalue weighted by Crippen LogP contribution is 2.17. The first-order chi connectivity index (χ1) is 8.84. The first-order valence-corrected chi connectivity index (χ1v) is 7.38. The summed E-state index contributed by atoms with van der Waals surface area (Å²) in [7, 11) is 0. The molecular weight excluding hydrogens is 246 g/mol. The molecule has 0 aliphatic heterocycles. The molecule has 0 unspecified atom stereocenters. The van der Waals surface area contributed by atoms with Gasteiger partial charge in [0.15, 0.2) is 0 Å². The lowest BCUT2D eigenvalue weighted by Gasteiger charge is -2.12. The summed E-state index contributed by atoms with van der Waals surface area (Å²) < 4.78 is 2.47. The van der Waals surface area contributed by atoms with Gasteiger partial charge in [-0.3, -0.25) is 9.36 Å². The zero-order valence-corrected chi connectivity index (χ0v) is 11.1. The maximum atomic E-state index is 12.1. The molecule has 0 atom stereocenters. The van der Waals surface area contributed by atoms with Gasteiger partial charge < -0.3 is 5.32 Å². The number of hydrogen-bond acceptors (Lipinski definition) is 4. The van der Waals surface area contributed by atoms with Gasteiger partial charge in [-0.15, -0.1) is 11.3 Å². The fraction of sp³-hybridized carbons (Fsp3) is 0.538. The molecule has 2 aromatic rings. The van der Waals surface area contributed by atoms with Crippen molar-refractivity contribution >= 4 is 21.6 Å². The molecule has 0 spiro atoms. The third-order valence-corrected chi connectivity index (χ3v) is 4.47. The molecule has 4 nitrogen and oxygen atoms in total. The number of hydrogen-bond donors (Lipinski definition) is 1. The summed E-state index contributed by atoms with van der Waals surface area (Å²) in [5.74, 6) is 0. The normalized spacial score (nSPS) is 16.7. The van der Waals surface area contributed by atoms with Crippen molar-refractivity contribution in [3.8, 4) is 0 Å². The second-order valence-corrected chi connectivity index (χ2v) is 5.73. The minimum absolute atomic E-state index is 0.0863. The van der Waals surface area contributed by atoms with E-state index in [2.05, 4.69) is 10.3 Å². The zero-order chi connectivity index (χ0) is 12.4. The predicted molar refractivity (Wildman–Crippen MR) is 74.1 cm³/mol. The Labute approximate surface area is 110 Å². The molecule has 2 aromatic heterocycles. The van der Waals surface area contributed by atoms with Crippen LogP contribution < -0.4 is 10.9 Å². The van der Waals surface area contributed by atoms with Crippen LogP contribution in [0.15, 0.2) is 22.6 Å². The van der Waals surface area contributed by atoms with Gasteiger partial charge in [0.1, 0.15) is 4.70 Å². The highest BCUT2D eigenvalue weighted by molar-refractivity contribution is 7.17. The lowest BCUT2D eigenvalue weighted by Crippen LogP contribution is -2.32. The fourth-order valence-electron chi connectivity index (χ4n) is 2.56. The third-order valence-electron chi connectivity index (χ3n) is 3.58. The van der Waals surface area contributed by atoms with Crippen molar-refractivity contribution in [1.82, 2.24) is 14.9 Å². The lowest BCUT2D eigenvalue weighted by atomic mass is 10.2. The van der Waals surface area contributed by atoms with Crippen LogP contribution in [0, 0.1) is 0 Å². The molecule has 0 aromatic carbocycles. The smallest absolute Gasteiger partial charge is 0.271 e. The molecule has 0 bridgehead atoms. The highest BCUT2D eigenvalue weighted by Gasteiger charge is 2.13. The van der Waals surface area contributed by atoms with Crippen LogP contribution in [-0.4, -0.2) is 22.1 Å². The number of nitrogens with zero attached hydrogens (tertiary/aromatic N) is 2. The van der Waals surface area contributed by atoms with Crippen LogP contribution in [0.5, 0.6) is 0 Å². The number of thiophene rings is 1. The molecule has 1 saturated carbocycles. The summed E-state index contributed by atoms with van der Waals surface area (Å²) >= 11 is 1.47. The van der Waals surface area contributed by atoms with Gasteiger partial charge in [-0.25, -0.2) is 4.98 Å². The quantitative estimate of drug-likeness (QED) is 0.917. The summed E-state index contributed by atoms with van der Waals surface area (Å²) in [6, 6.07) is 2.54. The van der Waals surface area contributed by atoms with E-state index in [0.717, 1.165) is 16.8 Å². The van der Waals surface area contributed by atoms with Gasteiger partial charge in [0.05, 0.1) is 11.8 Å². The van der Waals surface area contributed by atoms with Crippen molar-refractivity contribution in [3.63, 3.8) is 0 Å². The van der Waals surface area contributed by atoms with E-state index in [1.807, 2.05) is 11.4 Å². The summed E-state index contributed by atoms with van der Waals surface area (Å²) in [4.78, 5) is 16.4. The van der Waals surface area contributed by atoms with E-state index in [1.165, 1.54) is 37.0 Å². The zero-order valence-electron chi connectivity index (χ0n) is 10.3. The second-order valence-electron chi connectivity index (χ2n) is 4.81. The molecule has 1 N–H and O–H groups in total. The standard InChI is InChI=1S/C13H17N3OS/c17-13-12-11(5-8-18-12)15-9-16(13)7-6-14-10-3-1-2-4-10/h5,8-10,14H,1-4,6-7H2. The Morgan fingerprint density at radius 2 is 2.28 bits per heavy atom. The monoisotopic (exact) mass is 263 g/mol. The highest BCUT2D eigenvalue weighted by atomic mass is 32.1. The Balaban J connectivity index is 1.66. The Morgan fingerprint density at radius 3 is 3.11 bits per heavy atom. The van der Waals surface area contributed by atoms with Crippen LogP contribution in [0.25, 0.3) is 10.2 Å². The lowest BCUT2D eigenvalue weighted by molar-refractivity contribution is 0.491. The Hall–Kier alpha value is -1.20. The molecule has 18 heavy (non-hydrogen) atoms. The van der Waals surface area contributed by atoms with Crippen molar-refractivity contribution in [1.29, 1.82) is 0 Å². The average Bonchev–Trinajstić information content (AvgIpc) is 3.02. The average molecular weight is 263 g/mol. The van der Waals surface area contributed by atoms with Gasteiger partial charge in [0.2, 0.25) is 0 Å². The molecule has 1 fully saturated rings. The summed E-state index contributed by atoms with van der Waals surface area (Å²) in [6.45, 7) is 1.55. The van der Waals surface area contributed by atoms with Gasteiger partial charge >= 0.3 is 0 Å². The molecule has 1 aliphatic carbocycles. The molecule has 96 valence electrons. The van der Waals surface area contributed by atoms with Crippen LogP contribution in [0.4, 0.5) is 0 Å². The van der Waals surface area contributed by atoms with Crippen LogP contribution in [0.3, 0.4) is 0 Å². The van der Waals surface area contributed by atoms with Crippen LogP contribution in [0.1, 0.15) is 25.7 Å². The van der Waals surface area contributed by atoms with Crippen molar-refractivity contribution in [2.45, 2.75) is 38.3 Å². The Kier molecular flexibility index (Phi) is 3.43. The van der Waals surface area contributed by atoms with E-state index < -0.39 is 0 Å². The summed E-state index contributed by atoms with van der Waals surface area (Å²) in [6.07, 6.45) is 6.88. The fourth-order valence-corrected chi connectivity index (χ4v) is 3.35. The number of fused-ring (bicyclic) bond motifs is 1. The molecule has 0 radical (unpaired) electrons. The molecule has 0 amide bonds. The maximum Gasteiger partial charge on any atom is 0.271 e. The van der Waals surface area contributed by atoms with E-state index in [0.29, 0.717) is 12.6 Å². The molecule has 3 rings (SSSR count). The Morgan fingerprint density at radius 1 is 1.44 bits per heavy atom. The van der Waals surface area contributed by atoms with E-state index in [-0.39, 0.29) is 5.56 Å². The number of aromatic nitrogens is 2. The maximum absolute atomic E-state index is 12.1. The summed E-state index contributed by atoms with van der Waals surface area (Å²) in [5, 5.41) is 5.43. The summed E-state index contributed by atoms with van der Waals surface area (Å²) in [5.41, 5.74) is 0.897. The first-order valence-electron chi connectivity index (χ1n) is 6.50. The number of nitrogens with one attached hydrogen (secondary N) is 1. The van der Waals surface area contributed by atoms with Gasteiger partial charge in [-0.2, -0.15) is 0 Å². The minimum Gasteiger partial charge on any atom is -0.312 e. The van der Waals surface area contributed by atoms with Gasteiger partial charge in [0.25, 0.3) is 5.56 Å². The largest absolute Gasteiger partial charge is 0.312 e. The van der Waals surface area contributed by atoms with Gasteiger partial charge in [0, 0.05) is 19.1 Å². The minimum atomic E-state index is 0.0863. The molecule has 1 aliphatic rings. The van der Waals surface area contributed by atoms with Crippen molar-refractivity contribution in [2.75, 3.05) is 6.54 Å². The van der Waals surface area contributed by atoms with E-state index in [9.17, 15) is 4.79 Å². The first kappa shape index (κ1) is 11.9. The molecule has 2 heterocycles. The topological polar surface area (TPSA) is 46.9 Å². The number of rotatable bonds is 4. The van der Waals surface area contributed by atoms with Crippen molar-refractivity contribution in [3.05, 3.63) is 28.1 Å². The third kappa shape index (κ3) is 2.33. The SMILES string of the molecule is O=c1c2sccc2ncn1CCNC1CCCC1. The second kappa shape index (κ2) is 5.20. The van der Waals surface area contributed by atoms with Crippen molar-refractivity contribution < 1.29 is 0 Å². The molecule has 0 saturated heterocycles. The van der Waals surface area contributed by atoms with Crippen LogP contribution in [-0.2, 0) is 6.54 Å². The van der Waals surface area contributed by atoms with E-state index in [4.69, 9.17) is 0 Å².